The van der Waals surface area contributed by atoms with Gasteiger partial charge in [-0.25, -0.2) is 9.99 Å². The maximum Gasteiger partial charge on any atom is 0.342 e. The standard InChI is InChI=1S/C19H24N4O2/c1-14-21-13-17(25-14)19(24)23(16-10-11-16)22(15-7-3-2-4-8-15)18-9-5-6-12-20-18/h5-6,9,12-13,15-16H,2-4,7-8,10-11H2,1H3/p+1. The fourth-order valence-electron chi connectivity index (χ4n) is 3.66. The van der Waals surface area contributed by atoms with Crippen molar-refractivity contribution in [2.45, 2.75) is 64.0 Å². The number of aromatic nitrogens is 2. The van der Waals surface area contributed by atoms with E-state index in [1.54, 1.807) is 12.4 Å². The number of nitrogens with one attached hydrogen (secondary N) is 1. The quantitative estimate of drug-likeness (QED) is 0.784. The third-order valence-electron chi connectivity index (χ3n) is 5.02. The van der Waals surface area contributed by atoms with Crippen LogP contribution in [-0.4, -0.2) is 28.0 Å². The number of rotatable bonds is 5. The zero-order valence-corrected chi connectivity index (χ0v) is 14.6. The van der Waals surface area contributed by atoms with Crippen LogP contribution in [0.15, 0.2) is 35.0 Å². The molecule has 0 spiro atoms. The van der Waals surface area contributed by atoms with Crippen molar-refractivity contribution < 1.29 is 14.2 Å². The van der Waals surface area contributed by atoms with E-state index in [1.165, 1.54) is 19.3 Å². The highest BCUT2D eigenvalue weighted by Crippen LogP contribution is 2.35. The molecule has 25 heavy (non-hydrogen) atoms. The minimum Gasteiger partial charge on any atom is -0.396 e. The Labute approximate surface area is 147 Å². The molecule has 6 heteroatoms. The van der Waals surface area contributed by atoms with Crippen LogP contribution in [0.1, 0.15) is 61.4 Å². The number of nitrogens with zero attached hydrogens (tertiary/aromatic N) is 3. The van der Waals surface area contributed by atoms with Crippen LogP contribution in [0.2, 0.25) is 0 Å². The Morgan fingerprint density at radius 2 is 1.96 bits per heavy atom. The van der Waals surface area contributed by atoms with Crippen molar-refractivity contribution in [3.05, 3.63) is 42.2 Å². The monoisotopic (exact) mass is 341 g/mol. The van der Waals surface area contributed by atoms with Crippen LogP contribution in [0, 0.1) is 6.92 Å². The molecular weight excluding hydrogens is 316 g/mol. The molecule has 132 valence electrons. The summed E-state index contributed by atoms with van der Waals surface area (Å²) in [6.45, 7) is 1.82. The maximum atomic E-state index is 13.2. The number of pyridine rings is 1. The number of hydrogen-bond donors (Lipinski definition) is 0. The molecule has 0 aromatic carbocycles. The SMILES string of the molecule is Cc1[nH+]cc(C(=O)N(C2CC2)N(c2ccccn2)C2CCCCC2)o1. The fraction of sp³-hybridized carbons (Fsp3) is 0.526. The Kier molecular flexibility index (Phi) is 4.42. The molecule has 0 bridgehead atoms. The summed E-state index contributed by atoms with van der Waals surface area (Å²) in [7, 11) is 0. The Bertz CT molecular complexity index is 720. The molecular formula is C19H25N4O2+. The molecule has 0 radical (unpaired) electrons. The van der Waals surface area contributed by atoms with Crippen LogP contribution in [-0.2, 0) is 0 Å². The van der Waals surface area contributed by atoms with Crippen molar-refractivity contribution in [2.24, 2.45) is 0 Å². The molecule has 2 aliphatic rings. The van der Waals surface area contributed by atoms with E-state index in [2.05, 4.69) is 15.0 Å². The first-order chi connectivity index (χ1) is 12.2. The predicted molar refractivity (Wildman–Crippen MR) is 92.8 cm³/mol. The number of carbonyl (C=O) groups is 1. The molecule has 0 saturated heterocycles. The molecule has 2 heterocycles. The highest BCUT2D eigenvalue weighted by atomic mass is 16.4. The van der Waals surface area contributed by atoms with E-state index in [9.17, 15) is 4.79 Å². The van der Waals surface area contributed by atoms with Gasteiger partial charge in [0.2, 0.25) is 6.20 Å². The second-order valence-corrected chi connectivity index (χ2v) is 7.02. The van der Waals surface area contributed by atoms with Crippen molar-refractivity contribution in [2.75, 3.05) is 5.01 Å². The zero-order valence-electron chi connectivity index (χ0n) is 14.6. The van der Waals surface area contributed by atoms with Gasteiger partial charge in [0.25, 0.3) is 5.76 Å². The van der Waals surface area contributed by atoms with E-state index < -0.39 is 0 Å². The van der Waals surface area contributed by atoms with Crippen LogP contribution < -0.4 is 9.99 Å². The number of aryl methyl sites for hydroxylation is 1. The molecule has 2 aromatic heterocycles. The minimum absolute atomic E-state index is 0.0805. The Balaban J connectivity index is 1.70. The van der Waals surface area contributed by atoms with Gasteiger partial charge in [0.05, 0.1) is 19.0 Å². The van der Waals surface area contributed by atoms with Gasteiger partial charge in [0.1, 0.15) is 5.82 Å². The summed E-state index contributed by atoms with van der Waals surface area (Å²) in [6, 6.07) is 6.45. The third kappa shape index (κ3) is 3.38. The number of amides is 1. The van der Waals surface area contributed by atoms with Crippen LogP contribution in [0.5, 0.6) is 0 Å². The molecule has 2 aliphatic carbocycles. The van der Waals surface area contributed by atoms with Gasteiger partial charge in [-0.2, -0.15) is 4.98 Å². The van der Waals surface area contributed by atoms with E-state index >= 15 is 0 Å². The molecule has 0 atom stereocenters. The van der Waals surface area contributed by atoms with Crippen molar-refractivity contribution in [1.29, 1.82) is 0 Å². The summed E-state index contributed by atoms with van der Waals surface area (Å²) >= 11 is 0. The highest BCUT2D eigenvalue weighted by molar-refractivity contribution is 5.92. The molecule has 4 rings (SSSR count). The van der Waals surface area contributed by atoms with Crippen molar-refractivity contribution >= 4 is 11.7 Å². The van der Waals surface area contributed by atoms with E-state index in [0.717, 1.165) is 31.5 Å². The smallest absolute Gasteiger partial charge is 0.342 e. The predicted octanol–water partition coefficient (Wildman–Crippen LogP) is 3.16. The van der Waals surface area contributed by atoms with E-state index in [-0.39, 0.29) is 11.9 Å². The molecule has 1 amide bonds. The zero-order chi connectivity index (χ0) is 17.2. The van der Waals surface area contributed by atoms with E-state index in [1.807, 2.05) is 30.1 Å². The van der Waals surface area contributed by atoms with Crippen LogP contribution in [0.3, 0.4) is 0 Å². The van der Waals surface area contributed by atoms with Gasteiger partial charge in [-0.1, -0.05) is 25.3 Å². The van der Waals surface area contributed by atoms with Crippen LogP contribution in [0.25, 0.3) is 0 Å². The van der Waals surface area contributed by atoms with Gasteiger partial charge in [-0.3, -0.25) is 9.80 Å². The van der Waals surface area contributed by atoms with E-state index in [0.29, 0.717) is 17.7 Å². The topological polar surface area (TPSA) is 63.7 Å². The molecule has 2 fully saturated rings. The first-order valence-electron chi connectivity index (χ1n) is 9.26. The largest absolute Gasteiger partial charge is 0.396 e. The Morgan fingerprint density at radius 3 is 2.56 bits per heavy atom. The molecule has 2 aromatic rings. The van der Waals surface area contributed by atoms with E-state index in [4.69, 9.17) is 4.42 Å². The third-order valence-corrected chi connectivity index (χ3v) is 5.02. The number of anilines is 1. The summed E-state index contributed by atoms with van der Waals surface area (Å²) in [6.07, 6.45) is 11.4. The fourth-order valence-corrected chi connectivity index (χ4v) is 3.66. The van der Waals surface area contributed by atoms with Gasteiger partial charge in [-0.15, -0.1) is 0 Å². The average molecular weight is 341 g/mol. The number of hydrogen-bond acceptors (Lipinski definition) is 4. The number of carbonyl (C=O) groups excluding carboxylic acids is 1. The summed E-state index contributed by atoms with van der Waals surface area (Å²) < 4.78 is 5.58. The number of aromatic amines is 1. The maximum absolute atomic E-state index is 13.2. The lowest BCUT2D eigenvalue weighted by Crippen LogP contribution is -2.54. The van der Waals surface area contributed by atoms with Gasteiger partial charge < -0.3 is 4.42 Å². The number of hydrazine groups is 1. The van der Waals surface area contributed by atoms with Crippen molar-refractivity contribution in [3.63, 3.8) is 0 Å². The van der Waals surface area contributed by atoms with Crippen LogP contribution in [0.4, 0.5) is 5.82 Å². The van der Waals surface area contributed by atoms with Gasteiger partial charge in [0, 0.05) is 6.20 Å². The molecule has 1 N–H and O–H groups in total. The van der Waals surface area contributed by atoms with Gasteiger partial charge in [-0.05, 0) is 37.8 Å². The number of H-pyrrole nitrogens is 1. The van der Waals surface area contributed by atoms with Crippen LogP contribution >= 0.6 is 0 Å². The molecule has 0 aliphatic heterocycles. The molecule has 0 unspecified atom stereocenters. The highest BCUT2D eigenvalue weighted by Gasteiger charge is 2.42. The lowest BCUT2D eigenvalue weighted by atomic mass is 9.95. The first kappa shape index (κ1) is 16.1. The minimum atomic E-state index is -0.0805. The second kappa shape index (κ2) is 6.86. The average Bonchev–Trinajstić information content (AvgIpc) is 3.40. The van der Waals surface area contributed by atoms with Gasteiger partial charge in [0.15, 0.2) is 0 Å². The van der Waals surface area contributed by atoms with Gasteiger partial charge >= 0.3 is 11.8 Å². The lowest BCUT2D eigenvalue weighted by molar-refractivity contribution is -0.394. The van der Waals surface area contributed by atoms with Crippen molar-refractivity contribution in [3.8, 4) is 0 Å². The summed E-state index contributed by atoms with van der Waals surface area (Å²) in [4.78, 5) is 20.8. The second-order valence-electron chi connectivity index (χ2n) is 7.02. The normalized spacial score (nSPS) is 18.1. The Hall–Kier alpha value is -2.37. The summed E-state index contributed by atoms with van der Waals surface area (Å²) in [5.41, 5.74) is 0. The van der Waals surface area contributed by atoms with Crippen molar-refractivity contribution in [1.82, 2.24) is 9.99 Å². The summed E-state index contributed by atoms with van der Waals surface area (Å²) in [5, 5.41) is 4.06. The Morgan fingerprint density at radius 1 is 1.16 bits per heavy atom. The molecule has 6 nitrogen and oxygen atoms in total. The number of oxazole rings is 1. The molecule has 2 saturated carbocycles. The summed E-state index contributed by atoms with van der Waals surface area (Å²) in [5.74, 6) is 1.77. The lowest BCUT2D eigenvalue weighted by Gasteiger charge is -2.42. The first-order valence-corrected chi connectivity index (χ1v) is 9.26.